The number of anilines is 1. The van der Waals surface area contributed by atoms with E-state index < -0.39 is 16.9 Å². The molecule has 2 rings (SSSR count). The number of rotatable bonds is 7. The second-order valence-electron chi connectivity index (χ2n) is 5.58. The molecule has 0 saturated carbocycles. The van der Waals surface area contributed by atoms with Gasteiger partial charge >= 0.3 is 17.6 Å². The van der Waals surface area contributed by atoms with E-state index in [1.807, 2.05) is 6.07 Å². The zero-order chi connectivity index (χ0) is 21.0. The van der Waals surface area contributed by atoms with Gasteiger partial charge in [-0.15, -0.1) is 11.3 Å². The number of aromatic nitrogens is 2. The molecule has 0 radical (unpaired) electrons. The van der Waals surface area contributed by atoms with Gasteiger partial charge in [0.15, 0.2) is 0 Å². The van der Waals surface area contributed by atoms with E-state index in [1.54, 1.807) is 6.92 Å². The average molecular weight is 407 g/mol. The van der Waals surface area contributed by atoms with Crippen LogP contribution < -0.4 is 5.73 Å². The van der Waals surface area contributed by atoms with Crippen molar-refractivity contribution >= 4 is 34.0 Å². The number of aryl methyl sites for hydroxylation is 1. The van der Waals surface area contributed by atoms with Crippen LogP contribution in [-0.2, 0) is 27.4 Å². The monoisotopic (exact) mass is 407 g/mol. The fourth-order valence-corrected chi connectivity index (χ4v) is 3.45. The molecule has 2 N–H and O–H groups in total. The minimum atomic E-state index is -0.746. The van der Waals surface area contributed by atoms with Crippen LogP contribution in [0.3, 0.4) is 0 Å². The molecule has 0 aliphatic heterocycles. The first-order valence-corrected chi connectivity index (χ1v) is 8.85. The van der Waals surface area contributed by atoms with Crippen LogP contribution in [-0.4, -0.2) is 33.2 Å². The Balaban J connectivity index is 2.18. The second-order valence-corrected chi connectivity index (χ2v) is 6.63. The van der Waals surface area contributed by atoms with E-state index in [4.69, 9.17) is 15.2 Å². The molecule has 0 amide bonds. The summed E-state index contributed by atoms with van der Waals surface area (Å²) in [6, 6.07) is 1.88. The second kappa shape index (κ2) is 8.49. The summed E-state index contributed by atoms with van der Waals surface area (Å²) in [5.41, 5.74) is 6.18. The minimum absolute atomic E-state index is 0.0441. The lowest BCUT2D eigenvalue weighted by Gasteiger charge is -2.07. The summed E-state index contributed by atoms with van der Waals surface area (Å²) in [7, 11) is 0. The smallest absolute Gasteiger partial charge is 0.348 e. The van der Waals surface area contributed by atoms with Gasteiger partial charge in [-0.3, -0.25) is 19.6 Å². The number of hydrogen-bond donors (Lipinski definition) is 1. The molecular formula is C16H17N5O6S. The lowest BCUT2D eigenvalue weighted by molar-refractivity contribution is -0.386. The van der Waals surface area contributed by atoms with Gasteiger partial charge in [0.2, 0.25) is 0 Å². The Morgan fingerprint density at radius 1 is 1.39 bits per heavy atom. The van der Waals surface area contributed by atoms with Crippen LogP contribution >= 0.6 is 11.3 Å². The van der Waals surface area contributed by atoms with E-state index in [1.165, 1.54) is 13.8 Å². The fourth-order valence-electron chi connectivity index (χ4n) is 2.53. The van der Waals surface area contributed by atoms with Crippen LogP contribution in [0.15, 0.2) is 0 Å². The quantitative estimate of drug-likeness (QED) is 0.409. The summed E-state index contributed by atoms with van der Waals surface area (Å²) in [5, 5.41) is 24.4. The third kappa shape index (κ3) is 4.09. The van der Waals surface area contributed by atoms with Crippen molar-refractivity contribution in [2.24, 2.45) is 0 Å². The van der Waals surface area contributed by atoms with Gasteiger partial charge in [0, 0.05) is 5.56 Å². The first-order valence-electron chi connectivity index (χ1n) is 8.03. The van der Waals surface area contributed by atoms with E-state index >= 15 is 0 Å². The van der Waals surface area contributed by atoms with Crippen molar-refractivity contribution in [2.75, 3.05) is 12.3 Å². The molecule has 0 atom stereocenters. The molecule has 11 nitrogen and oxygen atoms in total. The number of thiophene rings is 1. The largest absolute Gasteiger partial charge is 0.462 e. The summed E-state index contributed by atoms with van der Waals surface area (Å²) in [6.07, 6.45) is 0. The van der Waals surface area contributed by atoms with Gasteiger partial charge in [-0.25, -0.2) is 4.79 Å². The molecule has 2 aromatic heterocycles. The Bertz CT molecular complexity index is 987. The number of nitrogens with zero attached hydrogens (tertiary/aromatic N) is 4. The number of carbonyl (C=O) groups is 2. The van der Waals surface area contributed by atoms with Gasteiger partial charge in [0.05, 0.1) is 17.1 Å². The van der Waals surface area contributed by atoms with Gasteiger partial charge in [0.25, 0.3) is 0 Å². The normalized spacial score (nSPS) is 10.4. The Kier molecular flexibility index (Phi) is 6.32. The third-order valence-electron chi connectivity index (χ3n) is 3.79. The van der Waals surface area contributed by atoms with Gasteiger partial charge in [-0.2, -0.15) is 10.4 Å². The van der Waals surface area contributed by atoms with E-state index in [0.29, 0.717) is 0 Å². The van der Waals surface area contributed by atoms with Crippen LogP contribution in [0.1, 0.15) is 39.1 Å². The highest BCUT2D eigenvalue weighted by Gasteiger charge is 2.25. The zero-order valence-electron chi connectivity index (χ0n) is 15.3. The van der Waals surface area contributed by atoms with Gasteiger partial charge in [0.1, 0.15) is 40.5 Å². The molecule has 2 heterocycles. The maximum absolute atomic E-state index is 12.2. The zero-order valence-corrected chi connectivity index (χ0v) is 16.2. The standard InChI is InChI=1S/C16H17N5O6S/c1-4-26-16(23)14-11(10(5-17)15(18)28-14)7-27-12(22)6-20-9(3)13(21(24)25)8(2)19-20/h4,6-7,18H2,1-3H3. The predicted molar refractivity (Wildman–Crippen MR) is 97.6 cm³/mol. The van der Waals surface area contributed by atoms with Crippen LogP contribution in [0.2, 0.25) is 0 Å². The van der Waals surface area contributed by atoms with Crippen LogP contribution in [0.4, 0.5) is 10.7 Å². The van der Waals surface area contributed by atoms with E-state index in [9.17, 15) is 25.0 Å². The first-order chi connectivity index (χ1) is 13.2. The molecule has 28 heavy (non-hydrogen) atoms. The van der Waals surface area contributed by atoms with Crippen molar-refractivity contribution in [1.82, 2.24) is 9.78 Å². The highest BCUT2D eigenvalue weighted by atomic mass is 32.1. The summed E-state index contributed by atoms with van der Waals surface area (Å²) in [4.78, 5) is 34.7. The molecule has 2 aromatic rings. The topological polar surface area (TPSA) is 163 Å². The summed E-state index contributed by atoms with van der Waals surface area (Å²) in [6.45, 7) is 3.97. The number of ether oxygens (including phenoxy) is 2. The molecule has 0 aliphatic rings. The first kappa shape index (κ1) is 20.8. The van der Waals surface area contributed by atoms with Gasteiger partial charge in [-0.1, -0.05) is 0 Å². The average Bonchev–Trinajstić information content (AvgIpc) is 3.08. The molecule has 0 aromatic carbocycles. The highest BCUT2D eigenvalue weighted by molar-refractivity contribution is 7.18. The van der Waals surface area contributed by atoms with E-state index in [0.717, 1.165) is 16.0 Å². The number of carbonyl (C=O) groups excluding carboxylic acids is 2. The molecule has 0 unspecified atom stereocenters. The van der Waals surface area contributed by atoms with Crippen molar-refractivity contribution in [2.45, 2.75) is 33.9 Å². The number of esters is 2. The summed E-state index contributed by atoms with van der Waals surface area (Å²) in [5.74, 6) is -1.41. The van der Waals surface area contributed by atoms with Gasteiger partial charge < -0.3 is 15.2 Å². The minimum Gasteiger partial charge on any atom is -0.462 e. The Morgan fingerprint density at radius 3 is 2.61 bits per heavy atom. The van der Waals surface area contributed by atoms with E-state index in [-0.39, 0.29) is 57.8 Å². The Hall–Kier alpha value is -3.46. The maximum atomic E-state index is 12.2. The third-order valence-corrected chi connectivity index (χ3v) is 4.83. The van der Waals surface area contributed by atoms with Crippen molar-refractivity contribution in [3.8, 4) is 6.07 Å². The van der Waals surface area contributed by atoms with Crippen molar-refractivity contribution in [1.29, 1.82) is 5.26 Å². The van der Waals surface area contributed by atoms with Crippen molar-refractivity contribution < 1.29 is 24.0 Å². The van der Waals surface area contributed by atoms with Crippen LogP contribution in [0.5, 0.6) is 0 Å². The SMILES string of the molecule is CCOC(=O)c1sc(N)c(C#N)c1COC(=O)Cn1nc(C)c([N+](=O)[O-])c1C. The van der Waals surface area contributed by atoms with Crippen LogP contribution in [0, 0.1) is 35.3 Å². The molecule has 0 spiro atoms. The molecule has 0 bridgehead atoms. The number of nitriles is 1. The number of nitrogens with two attached hydrogens (primary N) is 1. The summed E-state index contributed by atoms with van der Waals surface area (Å²) < 4.78 is 11.2. The van der Waals surface area contributed by atoms with Crippen molar-refractivity contribution in [3.05, 3.63) is 37.5 Å². The van der Waals surface area contributed by atoms with E-state index in [2.05, 4.69) is 5.10 Å². The van der Waals surface area contributed by atoms with Crippen molar-refractivity contribution in [3.63, 3.8) is 0 Å². The highest BCUT2D eigenvalue weighted by Crippen LogP contribution is 2.32. The Labute approximate surface area is 163 Å². The molecule has 0 saturated heterocycles. The lowest BCUT2D eigenvalue weighted by atomic mass is 10.1. The molecule has 0 fully saturated rings. The molecular weight excluding hydrogens is 390 g/mol. The predicted octanol–water partition coefficient (Wildman–Crippen LogP) is 1.84. The molecule has 148 valence electrons. The fraction of sp³-hybridized carbons (Fsp3) is 0.375. The Morgan fingerprint density at radius 2 is 2.07 bits per heavy atom. The van der Waals surface area contributed by atoms with Crippen LogP contribution in [0.25, 0.3) is 0 Å². The number of nitrogen functional groups attached to an aromatic ring is 1. The summed E-state index contributed by atoms with van der Waals surface area (Å²) >= 11 is 0.877. The lowest BCUT2D eigenvalue weighted by Crippen LogP contribution is -2.16. The molecule has 0 aliphatic carbocycles. The molecule has 12 heteroatoms. The number of hydrogen-bond acceptors (Lipinski definition) is 10. The number of nitro groups is 1. The van der Waals surface area contributed by atoms with Gasteiger partial charge in [-0.05, 0) is 20.8 Å². The maximum Gasteiger partial charge on any atom is 0.348 e.